The third-order valence-corrected chi connectivity index (χ3v) is 7.68. The van der Waals surface area contributed by atoms with Gasteiger partial charge in [-0.2, -0.15) is 0 Å². The Hall–Kier alpha value is -2.94. The maximum atomic E-state index is 13.3. The van der Waals surface area contributed by atoms with Crippen molar-refractivity contribution in [2.24, 2.45) is 5.92 Å². The second-order valence-electron chi connectivity index (χ2n) is 10.3. The highest BCUT2D eigenvalue weighted by Crippen LogP contribution is 2.36. The van der Waals surface area contributed by atoms with Crippen LogP contribution in [0.3, 0.4) is 0 Å². The molecular weight excluding hydrogens is 448 g/mol. The topological polar surface area (TPSA) is 108 Å². The molecule has 2 aliphatic heterocycles. The lowest BCUT2D eigenvalue weighted by Crippen LogP contribution is -2.50. The lowest BCUT2D eigenvalue weighted by molar-refractivity contribution is -0.141. The van der Waals surface area contributed by atoms with E-state index in [0.29, 0.717) is 31.1 Å². The number of aryl methyl sites for hydroxylation is 1. The summed E-state index contributed by atoms with van der Waals surface area (Å²) in [6.07, 6.45) is 4.42. The number of imide groups is 1. The van der Waals surface area contributed by atoms with Crippen LogP contribution >= 0.6 is 0 Å². The van der Waals surface area contributed by atoms with Gasteiger partial charge < -0.3 is 20.3 Å². The van der Waals surface area contributed by atoms with Gasteiger partial charge in [0.2, 0.25) is 11.8 Å². The number of nitrogens with one attached hydrogen (secondary N) is 2. The summed E-state index contributed by atoms with van der Waals surface area (Å²) in [6.45, 7) is 6.34. The van der Waals surface area contributed by atoms with Crippen molar-refractivity contribution in [1.29, 1.82) is 0 Å². The van der Waals surface area contributed by atoms with Gasteiger partial charge in [0, 0.05) is 18.8 Å². The molecule has 4 rings (SSSR count). The van der Waals surface area contributed by atoms with Crippen molar-refractivity contribution >= 4 is 29.4 Å². The summed E-state index contributed by atoms with van der Waals surface area (Å²) in [5.74, 6) is -0.598. The van der Waals surface area contributed by atoms with E-state index < -0.39 is 17.5 Å². The van der Waals surface area contributed by atoms with Crippen molar-refractivity contribution in [2.45, 2.75) is 70.9 Å². The molecule has 0 aromatic heterocycles. The highest BCUT2D eigenvalue weighted by molar-refractivity contribution is 6.09. The second-order valence-corrected chi connectivity index (χ2v) is 10.3. The molecular formula is C26H36N4O5. The molecule has 2 N–H and O–H groups in total. The molecule has 9 nitrogen and oxygen atoms in total. The summed E-state index contributed by atoms with van der Waals surface area (Å²) >= 11 is 0. The number of nitrogens with zero attached hydrogens (tertiary/aromatic N) is 2. The van der Waals surface area contributed by atoms with E-state index in [1.165, 1.54) is 4.90 Å². The lowest BCUT2D eigenvalue weighted by Gasteiger charge is -2.33. The Morgan fingerprint density at radius 2 is 1.94 bits per heavy atom. The Bertz CT molecular complexity index is 995. The van der Waals surface area contributed by atoms with Crippen LogP contribution in [0.4, 0.5) is 10.5 Å². The lowest BCUT2D eigenvalue weighted by atomic mass is 9.77. The Morgan fingerprint density at radius 1 is 1.20 bits per heavy atom. The zero-order valence-corrected chi connectivity index (χ0v) is 20.9. The maximum absolute atomic E-state index is 13.3. The van der Waals surface area contributed by atoms with Crippen LogP contribution in [-0.4, -0.2) is 71.4 Å². The van der Waals surface area contributed by atoms with E-state index >= 15 is 0 Å². The van der Waals surface area contributed by atoms with Crippen molar-refractivity contribution in [1.82, 2.24) is 15.1 Å². The van der Waals surface area contributed by atoms with Crippen LogP contribution in [-0.2, 0) is 19.1 Å². The Morgan fingerprint density at radius 3 is 2.63 bits per heavy atom. The predicted molar refractivity (Wildman–Crippen MR) is 131 cm³/mol. The summed E-state index contributed by atoms with van der Waals surface area (Å²) in [5.41, 5.74) is 1.81. The molecule has 3 fully saturated rings. The van der Waals surface area contributed by atoms with Crippen LogP contribution in [0.2, 0.25) is 0 Å². The third-order valence-electron chi connectivity index (χ3n) is 7.68. The molecule has 0 radical (unpaired) electrons. The number of urea groups is 1. The molecule has 1 unspecified atom stereocenters. The molecule has 2 saturated heterocycles. The van der Waals surface area contributed by atoms with Gasteiger partial charge in [-0.05, 0) is 75.5 Å². The highest BCUT2D eigenvalue weighted by atomic mass is 16.5. The van der Waals surface area contributed by atoms with E-state index in [2.05, 4.69) is 17.6 Å². The summed E-state index contributed by atoms with van der Waals surface area (Å²) in [5, 5.41) is 5.74. The number of hydrogen-bond acceptors (Lipinski definition) is 5. The molecule has 1 spiro atoms. The third kappa shape index (κ3) is 5.50. The summed E-state index contributed by atoms with van der Waals surface area (Å²) in [6, 6.07) is 5.13. The van der Waals surface area contributed by atoms with Crippen LogP contribution in [0, 0.1) is 19.8 Å². The number of hydrogen-bond donors (Lipinski definition) is 2. The first-order valence-corrected chi connectivity index (χ1v) is 12.6. The SMILES string of the molecule is Cc1cccc(NC(=O)CN(CC2CCCO2)C(=O)CN2C(=O)NC3(CCC(C)CC3)C2=O)c1C. The van der Waals surface area contributed by atoms with Crippen molar-refractivity contribution in [3.8, 4) is 0 Å². The molecule has 35 heavy (non-hydrogen) atoms. The van der Waals surface area contributed by atoms with Crippen LogP contribution in [0.15, 0.2) is 18.2 Å². The molecule has 9 heteroatoms. The molecule has 1 aromatic carbocycles. The first-order chi connectivity index (χ1) is 16.7. The van der Waals surface area contributed by atoms with Gasteiger partial charge in [-0.15, -0.1) is 0 Å². The smallest absolute Gasteiger partial charge is 0.325 e. The number of amides is 5. The van der Waals surface area contributed by atoms with Gasteiger partial charge in [-0.1, -0.05) is 19.1 Å². The van der Waals surface area contributed by atoms with Gasteiger partial charge >= 0.3 is 6.03 Å². The largest absolute Gasteiger partial charge is 0.376 e. The Labute approximate surface area is 206 Å². The minimum Gasteiger partial charge on any atom is -0.376 e. The minimum absolute atomic E-state index is 0.165. The zero-order chi connectivity index (χ0) is 25.2. The van der Waals surface area contributed by atoms with E-state index in [0.717, 1.165) is 41.7 Å². The van der Waals surface area contributed by atoms with E-state index in [1.807, 2.05) is 32.0 Å². The van der Waals surface area contributed by atoms with E-state index in [-0.39, 0.29) is 37.6 Å². The van der Waals surface area contributed by atoms with Crippen LogP contribution in [0.25, 0.3) is 0 Å². The van der Waals surface area contributed by atoms with Gasteiger partial charge in [0.1, 0.15) is 18.6 Å². The highest BCUT2D eigenvalue weighted by Gasteiger charge is 2.52. The number of anilines is 1. The molecule has 3 aliphatic rings. The maximum Gasteiger partial charge on any atom is 0.325 e. The second kappa shape index (κ2) is 10.4. The fraction of sp³-hybridized carbons (Fsp3) is 0.615. The molecule has 0 bridgehead atoms. The molecule has 5 amide bonds. The van der Waals surface area contributed by atoms with Crippen LogP contribution < -0.4 is 10.6 Å². The molecule has 1 atom stereocenters. The van der Waals surface area contributed by atoms with Crippen molar-refractivity contribution < 1.29 is 23.9 Å². The van der Waals surface area contributed by atoms with Crippen molar-refractivity contribution in [3.63, 3.8) is 0 Å². The van der Waals surface area contributed by atoms with E-state index in [9.17, 15) is 19.2 Å². The van der Waals surface area contributed by atoms with Crippen LogP contribution in [0.1, 0.15) is 56.6 Å². The van der Waals surface area contributed by atoms with Crippen LogP contribution in [0.5, 0.6) is 0 Å². The summed E-state index contributed by atoms with van der Waals surface area (Å²) in [7, 11) is 0. The minimum atomic E-state index is -0.899. The predicted octanol–water partition coefficient (Wildman–Crippen LogP) is 2.75. The van der Waals surface area contributed by atoms with Gasteiger partial charge in [-0.3, -0.25) is 19.3 Å². The average Bonchev–Trinajstić information content (AvgIpc) is 3.41. The van der Waals surface area contributed by atoms with Gasteiger partial charge in [0.15, 0.2) is 0 Å². The van der Waals surface area contributed by atoms with Crippen molar-refractivity contribution in [2.75, 3.05) is 31.6 Å². The number of ether oxygens (including phenoxy) is 1. The first kappa shape index (κ1) is 25.2. The number of carbonyl (C=O) groups excluding carboxylic acids is 4. The first-order valence-electron chi connectivity index (χ1n) is 12.6. The molecule has 1 saturated carbocycles. The summed E-state index contributed by atoms with van der Waals surface area (Å²) < 4.78 is 5.70. The van der Waals surface area contributed by atoms with Gasteiger partial charge in [0.25, 0.3) is 5.91 Å². The van der Waals surface area contributed by atoms with Gasteiger partial charge in [0.05, 0.1) is 6.10 Å². The monoisotopic (exact) mass is 484 g/mol. The molecule has 1 aromatic rings. The zero-order valence-electron chi connectivity index (χ0n) is 20.9. The fourth-order valence-electron chi connectivity index (χ4n) is 5.19. The van der Waals surface area contributed by atoms with Crippen molar-refractivity contribution in [3.05, 3.63) is 29.3 Å². The van der Waals surface area contributed by atoms with E-state index in [4.69, 9.17) is 4.74 Å². The normalized spacial score (nSPS) is 26.2. The number of carbonyl (C=O) groups is 4. The quantitative estimate of drug-likeness (QED) is 0.579. The molecule has 2 heterocycles. The standard InChI is InChI=1S/C26H36N4O5/c1-17-9-11-26(12-10-17)24(33)30(25(34)28-26)16-23(32)29(14-20-7-5-13-35-20)15-22(31)27-21-8-4-6-18(2)19(21)3/h4,6,8,17,20H,5,7,9-16H2,1-3H3,(H,27,31)(H,28,34). The fourth-order valence-corrected chi connectivity index (χ4v) is 5.19. The Balaban J connectivity index is 1.44. The van der Waals surface area contributed by atoms with E-state index in [1.54, 1.807) is 0 Å². The number of rotatable bonds is 7. The number of benzene rings is 1. The Kier molecular flexibility index (Phi) is 7.44. The molecule has 190 valence electrons. The summed E-state index contributed by atoms with van der Waals surface area (Å²) in [4.78, 5) is 54.5. The molecule has 1 aliphatic carbocycles. The van der Waals surface area contributed by atoms with Gasteiger partial charge in [-0.25, -0.2) is 4.79 Å². The average molecular weight is 485 g/mol.